The molecule has 32 heavy (non-hydrogen) atoms. The summed E-state index contributed by atoms with van der Waals surface area (Å²) >= 11 is 0. The monoisotopic (exact) mass is 432 g/mol. The van der Waals surface area contributed by atoms with E-state index in [1.807, 2.05) is 12.1 Å². The Bertz CT molecular complexity index is 1260. The van der Waals surface area contributed by atoms with Crippen LogP contribution in [-0.2, 0) is 14.4 Å². The number of aliphatic hydroxyl groups is 1. The molecule has 0 saturated carbocycles. The van der Waals surface area contributed by atoms with Gasteiger partial charge in [-0.2, -0.15) is 0 Å². The van der Waals surface area contributed by atoms with Crippen molar-refractivity contribution in [2.75, 3.05) is 7.11 Å². The summed E-state index contributed by atoms with van der Waals surface area (Å²) in [6.45, 7) is 1.54. The molecule has 162 valence electrons. The number of oxime groups is 1. The van der Waals surface area contributed by atoms with Gasteiger partial charge >= 0.3 is 5.97 Å². The Morgan fingerprint density at radius 2 is 1.84 bits per heavy atom. The predicted octanol–water partition coefficient (Wildman–Crippen LogP) is 2.29. The normalized spacial score (nSPS) is 22.0. The first-order valence-electron chi connectivity index (χ1n) is 10.2. The van der Waals surface area contributed by atoms with Gasteiger partial charge in [0.2, 0.25) is 5.91 Å². The molecule has 1 aliphatic carbocycles. The van der Waals surface area contributed by atoms with Gasteiger partial charge < -0.3 is 20.0 Å². The molecule has 2 N–H and O–H groups in total. The number of carboxylic acid groups (broad SMARTS) is 1. The standard InChI is InChI=1S/C24H20N2O6/c1-11(27)20-19-9-16(21(24(30)31)26(19)23(20)29)13-4-6-15-18(8-13)17-7-12(10-25-32-2)3-5-14(17)22(15)28/h3-8,10-11,19-20,27H,9H2,1-2H3,(H,30,31)/t11-,19-,20-/m1/s1. The maximum atomic E-state index is 12.8. The fourth-order valence-electron chi connectivity index (χ4n) is 5.00. The molecule has 1 amide bonds. The SMILES string of the molecule is CON=Cc1ccc2c(c1)-c1cc(C3=C(C(=O)O)N4C(=O)[C@H]([C@@H](C)O)[C@H]4C3)ccc1C2=O. The van der Waals surface area contributed by atoms with Crippen molar-refractivity contribution in [1.82, 2.24) is 4.90 Å². The lowest BCUT2D eigenvalue weighted by atomic mass is 9.82. The summed E-state index contributed by atoms with van der Waals surface area (Å²) in [4.78, 5) is 43.4. The molecule has 3 aliphatic rings. The van der Waals surface area contributed by atoms with Crippen molar-refractivity contribution in [2.24, 2.45) is 11.1 Å². The van der Waals surface area contributed by atoms with E-state index >= 15 is 0 Å². The third-order valence-corrected chi connectivity index (χ3v) is 6.43. The number of carboxylic acids is 1. The van der Waals surface area contributed by atoms with E-state index in [-0.39, 0.29) is 23.4 Å². The number of β-lactam (4-membered cyclic amide) rings is 1. The Labute approximate surface area is 183 Å². The largest absolute Gasteiger partial charge is 0.477 e. The molecular formula is C24H20N2O6. The van der Waals surface area contributed by atoms with E-state index in [2.05, 4.69) is 5.16 Å². The second-order valence-corrected chi connectivity index (χ2v) is 8.19. The Morgan fingerprint density at radius 3 is 2.50 bits per heavy atom. The van der Waals surface area contributed by atoms with Crippen LogP contribution in [-0.4, -0.2) is 58.2 Å². The number of ketones is 1. The highest BCUT2D eigenvalue weighted by atomic mass is 16.6. The van der Waals surface area contributed by atoms with Crippen LogP contribution < -0.4 is 0 Å². The van der Waals surface area contributed by atoms with Gasteiger partial charge in [0.15, 0.2) is 5.78 Å². The molecule has 2 aromatic carbocycles. The molecule has 1 fully saturated rings. The molecule has 3 atom stereocenters. The quantitative estimate of drug-likeness (QED) is 0.363. The van der Waals surface area contributed by atoms with Crippen LogP contribution in [0.4, 0.5) is 0 Å². The Morgan fingerprint density at radius 1 is 1.16 bits per heavy atom. The summed E-state index contributed by atoms with van der Waals surface area (Å²) in [6, 6.07) is 10.2. The van der Waals surface area contributed by atoms with Crippen LogP contribution in [0.1, 0.15) is 40.4 Å². The lowest BCUT2D eigenvalue weighted by Gasteiger charge is -2.44. The van der Waals surface area contributed by atoms with Crippen molar-refractivity contribution in [3.63, 3.8) is 0 Å². The number of carbonyl (C=O) groups excluding carboxylic acids is 2. The second kappa shape index (κ2) is 7.13. The minimum absolute atomic E-state index is 0.0534. The van der Waals surface area contributed by atoms with Gasteiger partial charge in [0.05, 0.1) is 24.3 Å². The average Bonchev–Trinajstić information content (AvgIpc) is 3.24. The second-order valence-electron chi connectivity index (χ2n) is 8.19. The molecule has 8 heteroatoms. The molecule has 0 radical (unpaired) electrons. The van der Waals surface area contributed by atoms with Crippen LogP contribution in [0.15, 0.2) is 47.3 Å². The van der Waals surface area contributed by atoms with Crippen molar-refractivity contribution in [3.8, 4) is 11.1 Å². The summed E-state index contributed by atoms with van der Waals surface area (Å²) in [5.74, 6) is -2.26. The Kier molecular flexibility index (Phi) is 4.49. The van der Waals surface area contributed by atoms with E-state index in [4.69, 9.17) is 4.84 Å². The van der Waals surface area contributed by atoms with E-state index in [0.29, 0.717) is 34.2 Å². The fourth-order valence-corrected chi connectivity index (χ4v) is 5.00. The van der Waals surface area contributed by atoms with E-state index in [1.165, 1.54) is 12.0 Å². The lowest BCUT2D eigenvalue weighted by Crippen LogP contribution is -2.61. The van der Waals surface area contributed by atoms with Gasteiger partial charge in [0.1, 0.15) is 12.8 Å². The molecule has 1 saturated heterocycles. The minimum Gasteiger partial charge on any atom is -0.477 e. The molecular weight excluding hydrogens is 412 g/mol. The number of nitrogens with zero attached hydrogens (tertiary/aromatic N) is 2. The number of amides is 1. The van der Waals surface area contributed by atoms with Crippen molar-refractivity contribution in [2.45, 2.75) is 25.5 Å². The summed E-state index contributed by atoms with van der Waals surface area (Å²) in [5.41, 5.74) is 4.44. The number of hydrogen-bond acceptors (Lipinski definition) is 6. The van der Waals surface area contributed by atoms with Gasteiger partial charge in [-0.3, -0.25) is 9.59 Å². The van der Waals surface area contributed by atoms with E-state index in [0.717, 1.165) is 11.1 Å². The van der Waals surface area contributed by atoms with Crippen molar-refractivity contribution < 1.29 is 29.4 Å². The Hall–Kier alpha value is -3.78. The van der Waals surface area contributed by atoms with Crippen molar-refractivity contribution in [1.29, 1.82) is 0 Å². The molecule has 0 bridgehead atoms. The van der Waals surface area contributed by atoms with Gasteiger partial charge in [0, 0.05) is 11.1 Å². The minimum atomic E-state index is -1.19. The summed E-state index contributed by atoms with van der Waals surface area (Å²) in [7, 11) is 1.44. The summed E-state index contributed by atoms with van der Waals surface area (Å²) in [6.07, 6.45) is 1.03. The van der Waals surface area contributed by atoms with Gasteiger partial charge in [-0.05, 0) is 65.4 Å². The first-order chi connectivity index (χ1) is 15.3. The number of hydrogen-bond donors (Lipinski definition) is 2. The third-order valence-electron chi connectivity index (χ3n) is 6.43. The van der Waals surface area contributed by atoms with Crippen molar-refractivity contribution >= 4 is 29.4 Å². The molecule has 0 unspecified atom stereocenters. The first-order valence-corrected chi connectivity index (χ1v) is 10.2. The zero-order chi connectivity index (χ0) is 22.7. The predicted molar refractivity (Wildman–Crippen MR) is 115 cm³/mol. The average molecular weight is 432 g/mol. The lowest BCUT2D eigenvalue weighted by molar-refractivity contribution is -0.161. The van der Waals surface area contributed by atoms with Gasteiger partial charge in [-0.15, -0.1) is 0 Å². The number of aliphatic carboxylic acids is 1. The third kappa shape index (κ3) is 2.73. The highest BCUT2D eigenvalue weighted by Crippen LogP contribution is 2.48. The molecule has 8 nitrogen and oxygen atoms in total. The van der Waals surface area contributed by atoms with Gasteiger partial charge in [0.25, 0.3) is 0 Å². The van der Waals surface area contributed by atoms with E-state index in [9.17, 15) is 24.6 Å². The van der Waals surface area contributed by atoms with E-state index < -0.39 is 18.0 Å². The molecule has 2 heterocycles. The van der Waals surface area contributed by atoms with E-state index in [1.54, 1.807) is 37.4 Å². The molecule has 0 spiro atoms. The number of fused-ring (bicyclic) bond motifs is 4. The molecule has 0 aromatic heterocycles. The van der Waals surface area contributed by atoms with Crippen molar-refractivity contribution in [3.05, 3.63) is 64.3 Å². The topological polar surface area (TPSA) is 116 Å². The van der Waals surface area contributed by atoms with Crippen LogP contribution in [0, 0.1) is 5.92 Å². The maximum Gasteiger partial charge on any atom is 0.352 e. The molecule has 2 aliphatic heterocycles. The molecule has 5 rings (SSSR count). The first kappa shape index (κ1) is 20.1. The summed E-state index contributed by atoms with van der Waals surface area (Å²) < 4.78 is 0. The highest BCUT2D eigenvalue weighted by molar-refractivity contribution is 6.22. The number of rotatable bonds is 5. The number of benzene rings is 2. The summed E-state index contributed by atoms with van der Waals surface area (Å²) in [5, 5.41) is 23.5. The van der Waals surface area contributed by atoms with Gasteiger partial charge in [-0.1, -0.05) is 17.3 Å². The zero-order valence-corrected chi connectivity index (χ0v) is 17.4. The smallest absolute Gasteiger partial charge is 0.352 e. The maximum absolute atomic E-state index is 12.8. The number of aliphatic hydroxyl groups excluding tert-OH is 1. The fraction of sp³-hybridized carbons (Fsp3) is 0.250. The number of carbonyl (C=O) groups is 3. The van der Waals surface area contributed by atoms with Crippen LogP contribution in [0.3, 0.4) is 0 Å². The Balaban J connectivity index is 1.60. The van der Waals surface area contributed by atoms with Crippen LogP contribution >= 0.6 is 0 Å². The highest BCUT2D eigenvalue weighted by Gasteiger charge is 2.56. The van der Waals surface area contributed by atoms with Crippen LogP contribution in [0.5, 0.6) is 0 Å². The zero-order valence-electron chi connectivity index (χ0n) is 17.4. The van der Waals surface area contributed by atoms with Crippen LogP contribution in [0.25, 0.3) is 16.7 Å². The molecule has 2 aromatic rings. The van der Waals surface area contributed by atoms with Crippen LogP contribution in [0.2, 0.25) is 0 Å². The van der Waals surface area contributed by atoms with Gasteiger partial charge in [-0.25, -0.2) is 4.79 Å².